The van der Waals surface area contributed by atoms with E-state index in [0.717, 1.165) is 27.8 Å². The lowest BCUT2D eigenvalue weighted by Crippen LogP contribution is -2.56. The predicted octanol–water partition coefficient (Wildman–Crippen LogP) is 6.36. The van der Waals surface area contributed by atoms with Crippen LogP contribution < -0.4 is 9.62 Å². The number of hydrogen-bond donors (Lipinski definition) is 1. The van der Waals surface area contributed by atoms with Crippen molar-refractivity contribution < 1.29 is 18.0 Å². The molecule has 0 saturated heterocycles. The van der Waals surface area contributed by atoms with E-state index in [9.17, 15) is 18.0 Å². The Labute approximate surface area is 268 Å². The smallest absolute Gasteiger partial charge is 0.264 e. The number of carbonyl (C=O) groups is 2. The topological polar surface area (TPSA) is 86.8 Å². The molecule has 0 unspecified atom stereocenters. The Bertz CT molecular complexity index is 1730. The van der Waals surface area contributed by atoms with Gasteiger partial charge in [0.05, 0.1) is 10.6 Å². The summed E-state index contributed by atoms with van der Waals surface area (Å²) in [7, 11) is -4.15. The fraction of sp³-hybridized carbons (Fsp3) is 0.297. The molecule has 0 bridgehead atoms. The molecule has 4 aromatic carbocycles. The maximum Gasteiger partial charge on any atom is 0.264 e. The van der Waals surface area contributed by atoms with E-state index in [1.807, 2.05) is 102 Å². The van der Waals surface area contributed by atoms with Crippen molar-refractivity contribution in [1.82, 2.24) is 10.2 Å². The summed E-state index contributed by atoms with van der Waals surface area (Å²) in [6.07, 6.45) is 0.259. The zero-order valence-electron chi connectivity index (χ0n) is 26.9. The SMILES string of the molecule is Cc1ccccc1CN(C(=O)CN(c1cccc(C)c1C)S(=O)(=O)c1ccccc1)[C@H](Cc1ccccc1)C(=O)NC(C)(C)C. The monoisotopic (exact) mass is 625 g/mol. The first-order chi connectivity index (χ1) is 21.3. The Morgan fingerprint density at radius 1 is 0.756 bits per heavy atom. The van der Waals surface area contributed by atoms with Gasteiger partial charge < -0.3 is 10.2 Å². The molecule has 45 heavy (non-hydrogen) atoms. The van der Waals surface area contributed by atoms with Gasteiger partial charge in [0.1, 0.15) is 12.6 Å². The molecule has 4 aromatic rings. The molecule has 0 fully saturated rings. The lowest BCUT2D eigenvalue weighted by Gasteiger charge is -2.36. The number of hydrogen-bond acceptors (Lipinski definition) is 4. The lowest BCUT2D eigenvalue weighted by atomic mass is 10.00. The predicted molar refractivity (Wildman–Crippen MR) is 180 cm³/mol. The van der Waals surface area contributed by atoms with Crippen LogP contribution in [0.2, 0.25) is 0 Å². The Kier molecular flexibility index (Phi) is 10.5. The maximum absolute atomic E-state index is 14.7. The van der Waals surface area contributed by atoms with Gasteiger partial charge in [-0.25, -0.2) is 8.42 Å². The molecule has 0 radical (unpaired) electrons. The van der Waals surface area contributed by atoms with Gasteiger partial charge in [-0.15, -0.1) is 0 Å². The number of aryl methyl sites for hydroxylation is 2. The molecule has 0 saturated carbocycles. The quantitative estimate of drug-likeness (QED) is 0.210. The van der Waals surface area contributed by atoms with E-state index in [4.69, 9.17) is 0 Å². The summed E-state index contributed by atoms with van der Waals surface area (Å²) in [5, 5.41) is 3.07. The molecule has 1 atom stereocenters. The first kappa shape index (κ1) is 33.5. The molecule has 1 N–H and O–H groups in total. The van der Waals surface area contributed by atoms with Crippen molar-refractivity contribution in [3.05, 3.63) is 131 Å². The highest BCUT2D eigenvalue weighted by molar-refractivity contribution is 7.92. The van der Waals surface area contributed by atoms with Gasteiger partial charge in [0, 0.05) is 18.5 Å². The highest BCUT2D eigenvalue weighted by Crippen LogP contribution is 2.29. The van der Waals surface area contributed by atoms with Crippen LogP contribution in [-0.4, -0.2) is 43.3 Å². The number of anilines is 1. The highest BCUT2D eigenvalue weighted by Gasteiger charge is 2.36. The molecule has 7 nitrogen and oxygen atoms in total. The van der Waals surface area contributed by atoms with Crippen LogP contribution in [0.5, 0.6) is 0 Å². The van der Waals surface area contributed by atoms with Crippen LogP contribution in [-0.2, 0) is 32.6 Å². The normalized spacial score (nSPS) is 12.3. The third-order valence-corrected chi connectivity index (χ3v) is 9.60. The zero-order valence-corrected chi connectivity index (χ0v) is 27.8. The summed E-state index contributed by atoms with van der Waals surface area (Å²) >= 11 is 0. The van der Waals surface area contributed by atoms with Crippen LogP contribution in [0.25, 0.3) is 0 Å². The van der Waals surface area contributed by atoms with Crippen LogP contribution >= 0.6 is 0 Å². The Morgan fingerprint density at radius 2 is 1.33 bits per heavy atom. The van der Waals surface area contributed by atoms with Gasteiger partial charge in [0.2, 0.25) is 11.8 Å². The van der Waals surface area contributed by atoms with Crippen molar-refractivity contribution in [2.75, 3.05) is 10.8 Å². The molecule has 2 amide bonds. The van der Waals surface area contributed by atoms with Crippen molar-refractivity contribution >= 4 is 27.5 Å². The summed E-state index contributed by atoms with van der Waals surface area (Å²) in [5.74, 6) is -0.791. The first-order valence-corrected chi connectivity index (χ1v) is 16.6. The second-order valence-electron chi connectivity index (χ2n) is 12.4. The van der Waals surface area contributed by atoms with Gasteiger partial charge in [0.25, 0.3) is 10.0 Å². The van der Waals surface area contributed by atoms with E-state index in [1.165, 1.54) is 21.3 Å². The standard InChI is InChI=1S/C37H43N3O4S/c1-27-17-15-23-33(29(27)3)40(45(43,44)32-21-11-8-12-22-32)26-35(41)39(25-31-20-14-13-16-28(31)2)34(36(42)38-37(4,5)6)24-30-18-9-7-10-19-30/h7-23,34H,24-26H2,1-6H3,(H,38,42)/t34-/m1/s1. The summed E-state index contributed by atoms with van der Waals surface area (Å²) in [6, 6.07) is 29.9. The van der Waals surface area contributed by atoms with Crippen molar-refractivity contribution in [2.24, 2.45) is 0 Å². The number of amides is 2. The van der Waals surface area contributed by atoms with Crippen LogP contribution in [0.1, 0.15) is 48.6 Å². The number of rotatable bonds is 11. The molecule has 0 spiro atoms. The van der Waals surface area contributed by atoms with E-state index >= 15 is 0 Å². The Morgan fingerprint density at radius 3 is 1.96 bits per heavy atom. The second-order valence-corrected chi connectivity index (χ2v) is 14.3. The van der Waals surface area contributed by atoms with Gasteiger partial charge in [0.15, 0.2) is 0 Å². The summed E-state index contributed by atoms with van der Waals surface area (Å²) in [4.78, 5) is 30.3. The number of benzene rings is 4. The first-order valence-electron chi connectivity index (χ1n) is 15.1. The van der Waals surface area contributed by atoms with E-state index in [2.05, 4.69) is 5.32 Å². The van der Waals surface area contributed by atoms with Crippen LogP contribution in [0.3, 0.4) is 0 Å². The third-order valence-electron chi connectivity index (χ3n) is 7.83. The van der Waals surface area contributed by atoms with Gasteiger partial charge >= 0.3 is 0 Å². The molecular weight excluding hydrogens is 582 g/mol. The largest absolute Gasteiger partial charge is 0.350 e. The van der Waals surface area contributed by atoms with Gasteiger partial charge in [-0.2, -0.15) is 0 Å². The molecule has 0 aromatic heterocycles. The minimum Gasteiger partial charge on any atom is -0.350 e. The minimum absolute atomic E-state index is 0.0791. The Hall–Kier alpha value is -4.43. The number of nitrogens with one attached hydrogen (secondary N) is 1. The van der Waals surface area contributed by atoms with Crippen molar-refractivity contribution in [2.45, 2.75) is 71.0 Å². The molecule has 0 aliphatic rings. The highest BCUT2D eigenvalue weighted by atomic mass is 32.2. The summed E-state index contributed by atoms with van der Waals surface area (Å²) < 4.78 is 29.6. The van der Waals surface area contributed by atoms with Crippen LogP contribution in [0, 0.1) is 20.8 Å². The summed E-state index contributed by atoms with van der Waals surface area (Å²) in [6.45, 7) is 11.1. The summed E-state index contributed by atoms with van der Waals surface area (Å²) in [5.41, 5.74) is 4.24. The fourth-order valence-electron chi connectivity index (χ4n) is 5.22. The van der Waals surface area contributed by atoms with Crippen molar-refractivity contribution in [3.8, 4) is 0 Å². The van der Waals surface area contributed by atoms with Gasteiger partial charge in [-0.3, -0.25) is 13.9 Å². The van der Waals surface area contributed by atoms with E-state index in [-0.39, 0.29) is 23.8 Å². The molecule has 4 rings (SSSR count). The minimum atomic E-state index is -4.15. The van der Waals surface area contributed by atoms with Gasteiger partial charge in [-0.1, -0.05) is 84.9 Å². The Balaban J connectivity index is 1.85. The van der Waals surface area contributed by atoms with Crippen LogP contribution in [0.15, 0.2) is 108 Å². The number of nitrogens with zero attached hydrogens (tertiary/aromatic N) is 2. The molecule has 0 aliphatic heterocycles. The molecule has 0 heterocycles. The molecule has 236 valence electrons. The number of sulfonamides is 1. The second kappa shape index (κ2) is 14.1. The molecular formula is C37H43N3O4S. The van der Waals surface area contributed by atoms with E-state index in [1.54, 1.807) is 30.3 Å². The lowest BCUT2D eigenvalue weighted by molar-refractivity contribution is -0.140. The fourth-order valence-corrected chi connectivity index (χ4v) is 6.71. The average Bonchev–Trinajstić information content (AvgIpc) is 3.00. The maximum atomic E-state index is 14.7. The molecule has 8 heteroatoms. The average molecular weight is 626 g/mol. The zero-order chi connectivity index (χ0) is 32.8. The number of carbonyl (C=O) groups excluding carboxylic acids is 2. The van der Waals surface area contributed by atoms with Crippen LogP contribution in [0.4, 0.5) is 5.69 Å². The van der Waals surface area contributed by atoms with Gasteiger partial charge in [-0.05, 0) is 87.6 Å². The van der Waals surface area contributed by atoms with E-state index < -0.39 is 34.1 Å². The third kappa shape index (κ3) is 8.39. The molecule has 0 aliphatic carbocycles. The van der Waals surface area contributed by atoms with E-state index in [0.29, 0.717) is 5.69 Å². The van der Waals surface area contributed by atoms with Crippen molar-refractivity contribution in [1.29, 1.82) is 0 Å². The van der Waals surface area contributed by atoms with Crippen molar-refractivity contribution in [3.63, 3.8) is 0 Å².